The van der Waals surface area contributed by atoms with Gasteiger partial charge in [0.25, 0.3) is 0 Å². The number of carbonyl (C=O) groups excluding carboxylic acids is 2. The summed E-state index contributed by atoms with van der Waals surface area (Å²) in [6, 6.07) is 10.4. The number of anilines is 1. The van der Waals surface area contributed by atoms with E-state index in [0.717, 1.165) is 12.0 Å². The molecule has 0 aliphatic carbocycles. The standard InChI is InChI=1S/C18H20ClN3O2/c1-3-13(2)22(12-14-7-6-10-20-11-14)18(24)17(23)21-16-9-5-4-8-15(16)19/h4-11,13H,3,12H2,1-2H3,(H,21,23)/t13-/m0/s1. The van der Waals surface area contributed by atoms with Crippen LogP contribution in [0.15, 0.2) is 48.8 Å². The third kappa shape index (κ3) is 4.55. The maximum Gasteiger partial charge on any atom is 0.313 e. The number of carbonyl (C=O) groups is 2. The molecule has 2 aromatic rings. The molecule has 1 aromatic carbocycles. The monoisotopic (exact) mass is 345 g/mol. The molecule has 0 saturated carbocycles. The van der Waals surface area contributed by atoms with Crippen molar-refractivity contribution in [3.63, 3.8) is 0 Å². The number of nitrogens with one attached hydrogen (secondary N) is 1. The van der Waals surface area contributed by atoms with Crippen LogP contribution in [-0.4, -0.2) is 27.7 Å². The van der Waals surface area contributed by atoms with Crippen LogP contribution in [0.1, 0.15) is 25.8 Å². The van der Waals surface area contributed by atoms with Crippen LogP contribution in [0.3, 0.4) is 0 Å². The van der Waals surface area contributed by atoms with E-state index >= 15 is 0 Å². The Hall–Kier alpha value is -2.40. The van der Waals surface area contributed by atoms with E-state index in [1.165, 1.54) is 0 Å². The highest BCUT2D eigenvalue weighted by Crippen LogP contribution is 2.20. The minimum absolute atomic E-state index is 0.0744. The molecule has 2 rings (SSSR count). The molecule has 2 amide bonds. The van der Waals surface area contributed by atoms with Gasteiger partial charge < -0.3 is 10.2 Å². The average Bonchev–Trinajstić information content (AvgIpc) is 2.61. The van der Waals surface area contributed by atoms with E-state index in [1.807, 2.05) is 19.9 Å². The van der Waals surface area contributed by atoms with Gasteiger partial charge in [-0.25, -0.2) is 0 Å². The van der Waals surface area contributed by atoms with Crippen molar-refractivity contribution >= 4 is 29.1 Å². The predicted molar refractivity (Wildman–Crippen MR) is 94.6 cm³/mol. The summed E-state index contributed by atoms with van der Waals surface area (Å²) in [4.78, 5) is 30.5. The summed E-state index contributed by atoms with van der Waals surface area (Å²) in [5.74, 6) is -1.29. The second kappa shape index (κ2) is 8.45. The first-order valence-electron chi connectivity index (χ1n) is 7.78. The van der Waals surface area contributed by atoms with Crippen LogP contribution in [0, 0.1) is 0 Å². The molecule has 1 heterocycles. The highest BCUT2D eigenvalue weighted by molar-refractivity contribution is 6.41. The van der Waals surface area contributed by atoms with Gasteiger partial charge in [-0.3, -0.25) is 14.6 Å². The lowest BCUT2D eigenvalue weighted by Gasteiger charge is -2.28. The molecule has 1 N–H and O–H groups in total. The molecule has 24 heavy (non-hydrogen) atoms. The first-order chi connectivity index (χ1) is 11.5. The average molecular weight is 346 g/mol. The zero-order valence-electron chi connectivity index (χ0n) is 13.7. The highest BCUT2D eigenvalue weighted by atomic mass is 35.5. The van der Waals surface area contributed by atoms with E-state index in [2.05, 4.69) is 10.3 Å². The van der Waals surface area contributed by atoms with Gasteiger partial charge in [0.15, 0.2) is 0 Å². The third-order valence-electron chi connectivity index (χ3n) is 3.78. The summed E-state index contributed by atoms with van der Waals surface area (Å²) in [5.41, 5.74) is 1.29. The lowest BCUT2D eigenvalue weighted by molar-refractivity contribution is -0.145. The predicted octanol–water partition coefficient (Wildman–Crippen LogP) is 3.50. The minimum Gasteiger partial charge on any atom is -0.327 e. The van der Waals surface area contributed by atoms with E-state index in [1.54, 1.807) is 47.6 Å². The molecule has 0 fully saturated rings. The van der Waals surface area contributed by atoms with Crippen molar-refractivity contribution in [2.75, 3.05) is 5.32 Å². The summed E-state index contributed by atoms with van der Waals surface area (Å²) in [6.45, 7) is 4.22. The fraction of sp³-hybridized carbons (Fsp3) is 0.278. The molecular formula is C18H20ClN3O2. The van der Waals surface area contributed by atoms with Crippen LogP contribution in [0.2, 0.25) is 5.02 Å². The van der Waals surface area contributed by atoms with Crippen LogP contribution < -0.4 is 5.32 Å². The lowest BCUT2D eigenvalue weighted by atomic mass is 10.1. The number of para-hydroxylation sites is 1. The van der Waals surface area contributed by atoms with Gasteiger partial charge >= 0.3 is 11.8 Å². The number of hydrogen-bond acceptors (Lipinski definition) is 3. The summed E-state index contributed by atoms with van der Waals surface area (Å²) < 4.78 is 0. The number of benzene rings is 1. The topological polar surface area (TPSA) is 62.3 Å². The van der Waals surface area contributed by atoms with E-state index in [9.17, 15) is 9.59 Å². The Balaban J connectivity index is 2.15. The van der Waals surface area contributed by atoms with Gasteiger partial charge in [-0.2, -0.15) is 0 Å². The van der Waals surface area contributed by atoms with Crippen molar-refractivity contribution in [2.45, 2.75) is 32.9 Å². The van der Waals surface area contributed by atoms with Crippen molar-refractivity contribution < 1.29 is 9.59 Å². The van der Waals surface area contributed by atoms with Gasteiger partial charge in [0.05, 0.1) is 10.7 Å². The Morgan fingerprint density at radius 2 is 2.00 bits per heavy atom. The maximum atomic E-state index is 12.6. The SMILES string of the molecule is CC[C@H](C)N(Cc1cccnc1)C(=O)C(=O)Nc1ccccc1Cl. The smallest absolute Gasteiger partial charge is 0.313 e. The molecule has 0 spiro atoms. The Morgan fingerprint density at radius 3 is 2.62 bits per heavy atom. The van der Waals surface area contributed by atoms with Crippen molar-refractivity contribution in [2.24, 2.45) is 0 Å². The van der Waals surface area contributed by atoms with Gasteiger partial charge in [0.2, 0.25) is 0 Å². The van der Waals surface area contributed by atoms with Crippen LogP contribution in [0.25, 0.3) is 0 Å². The quantitative estimate of drug-likeness (QED) is 0.843. The van der Waals surface area contributed by atoms with Gasteiger partial charge in [0.1, 0.15) is 0 Å². The maximum absolute atomic E-state index is 12.6. The van der Waals surface area contributed by atoms with Gasteiger partial charge in [0, 0.05) is 25.0 Å². The molecule has 1 aromatic heterocycles. The van der Waals surface area contributed by atoms with Crippen LogP contribution in [-0.2, 0) is 16.1 Å². The van der Waals surface area contributed by atoms with E-state index in [4.69, 9.17) is 11.6 Å². The molecule has 0 bridgehead atoms. The van der Waals surface area contributed by atoms with Crippen LogP contribution >= 0.6 is 11.6 Å². The molecule has 0 radical (unpaired) electrons. The number of hydrogen-bond donors (Lipinski definition) is 1. The normalized spacial score (nSPS) is 11.6. The highest BCUT2D eigenvalue weighted by Gasteiger charge is 2.26. The Kier molecular flexibility index (Phi) is 6.32. The molecule has 0 aliphatic rings. The van der Waals surface area contributed by atoms with Crippen LogP contribution in [0.4, 0.5) is 5.69 Å². The van der Waals surface area contributed by atoms with E-state index in [0.29, 0.717) is 17.3 Å². The number of nitrogens with zero attached hydrogens (tertiary/aromatic N) is 2. The summed E-state index contributed by atoms with van der Waals surface area (Å²) in [6.07, 6.45) is 4.10. The Bertz CT molecular complexity index is 706. The van der Waals surface area contributed by atoms with Gasteiger partial charge in [-0.05, 0) is 37.1 Å². The van der Waals surface area contributed by atoms with E-state index < -0.39 is 11.8 Å². The minimum atomic E-state index is -0.702. The fourth-order valence-electron chi connectivity index (χ4n) is 2.21. The van der Waals surface area contributed by atoms with Gasteiger partial charge in [-0.15, -0.1) is 0 Å². The first-order valence-corrected chi connectivity index (χ1v) is 8.16. The molecule has 6 heteroatoms. The number of amides is 2. The van der Waals surface area contributed by atoms with E-state index in [-0.39, 0.29) is 6.04 Å². The Morgan fingerprint density at radius 1 is 1.25 bits per heavy atom. The number of rotatable bonds is 5. The second-order valence-corrected chi connectivity index (χ2v) is 5.89. The molecule has 0 aliphatic heterocycles. The van der Waals surface area contributed by atoms with Gasteiger partial charge in [-0.1, -0.05) is 36.7 Å². The van der Waals surface area contributed by atoms with Crippen LogP contribution in [0.5, 0.6) is 0 Å². The first kappa shape index (κ1) is 17.9. The van der Waals surface area contributed by atoms with Crippen molar-refractivity contribution in [1.82, 2.24) is 9.88 Å². The molecule has 0 saturated heterocycles. The molecule has 1 atom stereocenters. The largest absolute Gasteiger partial charge is 0.327 e. The fourth-order valence-corrected chi connectivity index (χ4v) is 2.39. The zero-order chi connectivity index (χ0) is 17.5. The molecule has 5 nitrogen and oxygen atoms in total. The summed E-state index contributed by atoms with van der Waals surface area (Å²) >= 11 is 6.02. The third-order valence-corrected chi connectivity index (χ3v) is 4.11. The lowest BCUT2D eigenvalue weighted by Crippen LogP contribution is -2.44. The number of pyridine rings is 1. The van der Waals surface area contributed by atoms with Crippen molar-refractivity contribution in [3.8, 4) is 0 Å². The molecular weight excluding hydrogens is 326 g/mol. The summed E-state index contributed by atoms with van der Waals surface area (Å²) in [7, 11) is 0. The number of halogens is 1. The Labute approximate surface area is 146 Å². The molecule has 126 valence electrons. The number of aromatic nitrogens is 1. The van der Waals surface area contributed by atoms with Crippen molar-refractivity contribution in [1.29, 1.82) is 0 Å². The summed E-state index contributed by atoms with van der Waals surface area (Å²) in [5, 5.41) is 2.97. The zero-order valence-corrected chi connectivity index (χ0v) is 14.5. The van der Waals surface area contributed by atoms with Crippen molar-refractivity contribution in [3.05, 3.63) is 59.4 Å². The second-order valence-electron chi connectivity index (χ2n) is 5.49. The molecule has 0 unspecified atom stereocenters.